The largest absolute Gasteiger partial charge is 0.309 e. The maximum absolute atomic E-state index is 2.43. The van der Waals surface area contributed by atoms with E-state index in [4.69, 9.17) is 0 Å². The molecular formula is C60H42N2. The highest BCUT2D eigenvalue weighted by atomic mass is 15.2. The van der Waals surface area contributed by atoms with Gasteiger partial charge in [-0.2, -0.15) is 0 Å². The summed E-state index contributed by atoms with van der Waals surface area (Å²) in [7, 11) is 0. The van der Waals surface area contributed by atoms with Gasteiger partial charge in [0.2, 0.25) is 0 Å². The minimum atomic E-state index is 1.12. The van der Waals surface area contributed by atoms with Gasteiger partial charge >= 0.3 is 0 Å². The minimum absolute atomic E-state index is 1.12. The molecule has 292 valence electrons. The van der Waals surface area contributed by atoms with Gasteiger partial charge in [0.25, 0.3) is 0 Å². The van der Waals surface area contributed by atoms with Crippen molar-refractivity contribution < 1.29 is 0 Å². The van der Waals surface area contributed by atoms with Crippen LogP contribution in [0.15, 0.2) is 255 Å². The molecule has 2 heteroatoms. The van der Waals surface area contributed by atoms with Crippen LogP contribution in [-0.2, 0) is 0 Å². The van der Waals surface area contributed by atoms with Gasteiger partial charge in [-0.05, 0) is 91.6 Å². The van der Waals surface area contributed by atoms with Crippen molar-refractivity contribution in [2.45, 2.75) is 0 Å². The molecule has 0 N–H and O–H groups in total. The molecule has 0 amide bonds. The maximum Gasteiger partial charge on any atom is 0.0540 e. The van der Waals surface area contributed by atoms with Crippen molar-refractivity contribution in [2.24, 2.45) is 0 Å². The van der Waals surface area contributed by atoms with Crippen molar-refractivity contribution in [3.05, 3.63) is 255 Å². The lowest BCUT2D eigenvalue weighted by molar-refractivity contribution is 1.31. The molecule has 2 nitrogen and oxygen atoms in total. The van der Waals surface area contributed by atoms with E-state index in [-0.39, 0.29) is 0 Å². The number of fused-ring (bicyclic) bond motifs is 6. The average Bonchev–Trinajstić information content (AvgIpc) is 3.35. The minimum Gasteiger partial charge on any atom is -0.309 e. The first-order valence-electron chi connectivity index (χ1n) is 21.3. The van der Waals surface area contributed by atoms with E-state index in [9.17, 15) is 0 Å². The van der Waals surface area contributed by atoms with E-state index < -0.39 is 0 Å². The number of rotatable bonds is 6. The number of hydrogen-bond acceptors (Lipinski definition) is 2. The van der Waals surface area contributed by atoms with Crippen LogP contribution >= 0.6 is 0 Å². The van der Waals surface area contributed by atoms with Crippen LogP contribution in [-0.4, -0.2) is 0 Å². The summed E-state index contributed by atoms with van der Waals surface area (Å²) in [5.74, 6) is 0. The lowest BCUT2D eigenvalue weighted by Crippen LogP contribution is -2.12. The molecule has 0 aromatic heterocycles. The zero-order valence-electron chi connectivity index (χ0n) is 34.1. The predicted octanol–water partition coefficient (Wildman–Crippen LogP) is 17.2. The molecule has 12 aromatic carbocycles. The van der Waals surface area contributed by atoms with Crippen LogP contribution in [0.1, 0.15) is 0 Å². The van der Waals surface area contributed by atoms with Gasteiger partial charge in [-0.3, -0.25) is 0 Å². The molecule has 0 atom stereocenters. The molecule has 0 bridgehead atoms. The Labute approximate surface area is 361 Å². The molecule has 0 unspecified atom stereocenters. The Bertz CT molecular complexity index is 3120. The lowest BCUT2D eigenvalue weighted by atomic mass is 10.0. The highest BCUT2D eigenvalue weighted by Crippen LogP contribution is 2.45. The fourth-order valence-corrected chi connectivity index (χ4v) is 9.06. The number of benzene rings is 12. The molecule has 0 aliphatic rings. The summed E-state index contributed by atoms with van der Waals surface area (Å²) in [5, 5.41) is 14.7. The first-order chi connectivity index (χ1) is 30.8. The molecule has 12 aromatic rings. The quantitative estimate of drug-likeness (QED) is 0.166. The molecule has 0 saturated heterocycles. The van der Waals surface area contributed by atoms with Crippen LogP contribution in [0, 0.1) is 0 Å². The van der Waals surface area contributed by atoms with Crippen LogP contribution in [0.4, 0.5) is 34.1 Å². The van der Waals surface area contributed by atoms with Gasteiger partial charge in [0.15, 0.2) is 0 Å². The average molecular weight is 791 g/mol. The van der Waals surface area contributed by atoms with Gasteiger partial charge in [-0.25, -0.2) is 0 Å². The summed E-state index contributed by atoms with van der Waals surface area (Å²) in [6.07, 6.45) is 0. The van der Waals surface area contributed by atoms with Crippen LogP contribution in [0.25, 0.3) is 64.6 Å². The van der Waals surface area contributed by atoms with Gasteiger partial charge < -0.3 is 9.80 Å². The van der Waals surface area contributed by atoms with Gasteiger partial charge in [0, 0.05) is 32.9 Å². The van der Waals surface area contributed by atoms with Crippen LogP contribution in [0.3, 0.4) is 0 Å². The van der Waals surface area contributed by atoms with E-state index in [1.54, 1.807) is 0 Å². The molecule has 62 heavy (non-hydrogen) atoms. The summed E-state index contributed by atoms with van der Waals surface area (Å²) in [6.45, 7) is 0. The molecule has 12 rings (SSSR count). The fourth-order valence-electron chi connectivity index (χ4n) is 9.06. The van der Waals surface area contributed by atoms with E-state index >= 15 is 0 Å². The topological polar surface area (TPSA) is 6.48 Å². The Hall–Kier alpha value is -8.20. The standard InChI is InChI=1S/C50H34N2.C10H8/c1-5-21-43-35(13-1)17-9-25-47(43)51(48-26-10-18-36-14-2-6-22-44(36)48)41-31-29-40-34-42(32-30-39(40)33-41)52(49-27-11-19-37-15-3-7-23-45(37)49)50-28-12-20-38-16-4-8-24-46(38)50;1-2-6-10-8-4-3-7-9(10)5-1/h1-34H;1-8H. The Kier molecular flexibility index (Phi) is 9.57. The third-order valence-electron chi connectivity index (χ3n) is 12.0. The predicted molar refractivity (Wildman–Crippen MR) is 267 cm³/mol. The van der Waals surface area contributed by atoms with Gasteiger partial charge in [-0.15, -0.1) is 0 Å². The normalized spacial score (nSPS) is 11.2. The van der Waals surface area contributed by atoms with Crippen LogP contribution in [0.2, 0.25) is 0 Å². The third kappa shape index (κ3) is 6.84. The molecule has 0 aliphatic carbocycles. The van der Waals surface area contributed by atoms with Crippen LogP contribution < -0.4 is 9.80 Å². The first kappa shape index (κ1) is 36.8. The SMILES string of the molecule is c1ccc2c(N(c3ccc4cc(N(c5cccc6ccccc56)c5cccc6ccccc56)ccc4c3)c3cccc4ccccc34)cccc2c1.c1ccc2ccccc2c1. The van der Waals surface area contributed by atoms with Gasteiger partial charge in [-0.1, -0.05) is 206 Å². The third-order valence-corrected chi connectivity index (χ3v) is 12.0. The maximum atomic E-state index is 2.43. The van der Waals surface area contributed by atoms with Crippen molar-refractivity contribution in [3.8, 4) is 0 Å². The second-order valence-electron chi connectivity index (χ2n) is 15.7. The van der Waals surface area contributed by atoms with E-state index in [1.807, 2.05) is 0 Å². The molecule has 0 heterocycles. The van der Waals surface area contributed by atoms with Gasteiger partial charge in [0.05, 0.1) is 22.7 Å². The first-order valence-corrected chi connectivity index (χ1v) is 21.3. The summed E-state index contributed by atoms with van der Waals surface area (Å²) in [6, 6.07) is 91.6. The number of anilines is 6. The van der Waals surface area contributed by atoms with E-state index in [0.29, 0.717) is 0 Å². The van der Waals surface area contributed by atoms with Crippen molar-refractivity contribution >= 4 is 98.8 Å². The highest BCUT2D eigenvalue weighted by Gasteiger charge is 2.20. The zero-order chi connectivity index (χ0) is 41.2. The van der Waals surface area contributed by atoms with Gasteiger partial charge in [0.1, 0.15) is 0 Å². The summed E-state index contributed by atoms with van der Waals surface area (Å²) in [5.41, 5.74) is 6.86. The fraction of sp³-hybridized carbons (Fsp3) is 0. The Morgan fingerprint density at radius 3 is 0.710 bits per heavy atom. The highest BCUT2D eigenvalue weighted by molar-refractivity contribution is 6.08. The second-order valence-corrected chi connectivity index (χ2v) is 15.7. The molecule has 0 spiro atoms. The van der Waals surface area contributed by atoms with Crippen molar-refractivity contribution in [2.75, 3.05) is 9.80 Å². The number of hydrogen-bond donors (Lipinski definition) is 0. The smallest absolute Gasteiger partial charge is 0.0540 e. The number of nitrogens with zero attached hydrogens (tertiary/aromatic N) is 2. The molecule has 0 radical (unpaired) electrons. The summed E-state index contributed by atoms with van der Waals surface area (Å²) < 4.78 is 0. The second kappa shape index (κ2) is 16.1. The molecule has 0 saturated carbocycles. The van der Waals surface area contributed by atoms with Crippen molar-refractivity contribution in [1.82, 2.24) is 0 Å². The van der Waals surface area contributed by atoms with Crippen molar-refractivity contribution in [1.29, 1.82) is 0 Å². The Morgan fingerprint density at radius 1 is 0.177 bits per heavy atom. The van der Waals surface area contributed by atoms with E-state index in [1.165, 1.54) is 64.6 Å². The Balaban J connectivity index is 0.000000379. The monoisotopic (exact) mass is 790 g/mol. The summed E-state index contributed by atoms with van der Waals surface area (Å²) >= 11 is 0. The van der Waals surface area contributed by atoms with Crippen molar-refractivity contribution in [3.63, 3.8) is 0 Å². The zero-order valence-corrected chi connectivity index (χ0v) is 34.1. The molecular weight excluding hydrogens is 749 g/mol. The van der Waals surface area contributed by atoms with Crippen LogP contribution in [0.5, 0.6) is 0 Å². The Morgan fingerprint density at radius 2 is 0.419 bits per heavy atom. The summed E-state index contributed by atoms with van der Waals surface area (Å²) in [4.78, 5) is 4.85. The van der Waals surface area contributed by atoms with E-state index in [2.05, 4.69) is 265 Å². The van der Waals surface area contributed by atoms with E-state index in [0.717, 1.165) is 34.1 Å². The molecule has 0 aliphatic heterocycles. The molecule has 0 fully saturated rings. The lowest BCUT2D eigenvalue weighted by Gasteiger charge is -2.29.